The van der Waals surface area contributed by atoms with Gasteiger partial charge in [-0.2, -0.15) is 4.31 Å². The number of hydrogen-bond acceptors (Lipinski definition) is 5. The molecule has 0 saturated carbocycles. The molecule has 0 bridgehead atoms. The van der Waals surface area contributed by atoms with E-state index in [0.29, 0.717) is 31.9 Å². The minimum Gasteiger partial charge on any atom is -0.359 e. The Balaban J connectivity index is 1.80. The number of hydrogen-bond donors (Lipinski definition) is 1. The summed E-state index contributed by atoms with van der Waals surface area (Å²) in [6.07, 6.45) is 0. The van der Waals surface area contributed by atoms with Gasteiger partial charge in [0, 0.05) is 32.2 Å². The average Bonchev–Trinajstić information content (AvgIpc) is 2.90. The predicted octanol–water partition coefficient (Wildman–Crippen LogP) is 0.160. The third kappa shape index (κ3) is 3.94. The lowest BCUT2D eigenvalue weighted by atomic mass is 10.3. The molecule has 0 radical (unpaired) electrons. The van der Waals surface area contributed by atoms with E-state index in [0.717, 1.165) is 5.69 Å². The molecule has 0 aromatic carbocycles. The fourth-order valence-corrected chi connectivity index (χ4v) is 3.21. The SMILES string of the molecule is CCS(=O)(=O)N1CCN(C(=O)NCc2cc(C)no2)CC1. The summed E-state index contributed by atoms with van der Waals surface area (Å²) in [6, 6.07) is 1.53. The van der Waals surface area contributed by atoms with Crippen molar-refractivity contribution >= 4 is 16.1 Å². The molecule has 1 aliphatic heterocycles. The number of sulfonamides is 1. The van der Waals surface area contributed by atoms with Crippen LogP contribution in [0.25, 0.3) is 0 Å². The largest absolute Gasteiger partial charge is 0.359 e. The van der Waals surface area contributed by atoms with Crippen molar-refractivity contribution in [3.05, 3.63) is 17.5 Å². The summed E-state index contributed by atoms with van der Waals surface area (Å²) < 4.78 is 29.9. The van der Waals surface area contributed by atoms with Crippen molar-refractivity contribution in [2.75, 3.05) is 31.9 Å². The Morgan fingerprint density at radius 1 is 1.38 bits per heavy atom. The smallest absolute Gasteiger partial charge is 0.317 e. The summed E-state index contributed by atoms with van der Waals surface area (Å²) in [5.41, 5.74) is 0.762. The molecule has 0 spiro atoms. The van der Waals surface area contributed by atoms with Crippen LogP contribution < -0.4 is 5.32 Å². The maximum atomic E-state index is 12.0. The van der Waals surface area contributed by atoms with E-state index in [-0.39, 0.29) is 18.3 Å². The first-order valence-corrected chi connectivity index (χ1v) is 8.46. The van der Waals surface area contributed by atoms with Crippen molar-refractivity contribution < 1.29 is 17.7 Å². The number of nitrogens with one attached hydrogen (secondary N) is 1. The van der Waals surface area contributed by atoms with Gasteiger partial charge in [0.2, 0.25) is 10.0 Å². The predicted molar refractivity (Wildman–Crippen MR) is 76.1 cm³/mol. The molecule has 9 heteroatoms. The number of urea groups is 1. The quantitative estimate of drug-likeness (QED) is 0.853. The number of carbonyl (C=O) groups excluding carboxylic acids is 1. The number of nitrogens with zero attached hydrogens (tertiary/aromatic N) is 3. The molecule has 1 saturated heterocycles. The lowest BCUT2D eigenvalue weighted by molar-refractivity contribution is 0.171. The zero-order valence-electron chi connectivity index (χ0n) is 12.2. The van der Waals surface area contributed by atoms with Crippen LogP contribution in [0.15, 0.2) is 10.6 Å². The number of carbonyl (C=O) groups is 1. The first-order chi connectivity index (χ1) is 9.92. The second-order valence-corrected chi connectivity index (χ2v) is 7.14. The number of aromatic nitrogens is 1. The Kier molecular flexibility index (Phi) is 4.84. The van der Waals surface area contributed by atoms with E-state index in [4.69, 9.17) is 4.52 Å². The van der Waals surface area contributed by atoms with Crippen molar-refractivity contribution in [1.29, 1.82) is 0 Å². The van der Waals surface area contributed by atoms with E-state index in [1.807, 2.05) is 6.92 Å². The van der Waals surface area contributed by atoms with Crippen LogP contribution in [0.4, 0.5) is 4.79 Å². The molecule has 1 aromatic rings. The highest BCUT2D eigenvalue weighted by Crippen LogP contribution is 2.08. The first kappa shape index (κ1) is 15.8. The van der Waals surface area contributed by atoms with E-state index >= 15 is 0 Å². The standard InChI is InChI=1S/C12H20N4O4S/c1-3-21(18,19)16-6-4-15(5-7-16)12(17)13-9-11-8-10(2)14-20-11/h8H,3-7,9H2,1-2H3,(H,13,17). The summed E-state index contributed by atoms with van der Waals surface area (Å²) in [4.78, 5) is 13.6. The van der Waals surface area contributed by atoms with Crippen molar-refractivity contribution in [3.63, 3.8) is 0 Å². The van der Waals surface area contributed by atoms with Crippen LogP contribution in [-0.4, -0.2) is 60.7 Å². The minimum atomic E-state index is -3.17. The summed E-state index contributed by atoms with van der Waals surface area (Å²) in [7, 11) is -3.17. The van der Waals surface area contributed by atoms with Crippen molar-refractivity contribution in [1.82, 2.24) is 19.7 Å². The van der Waals surface area contributed by atoms with Crippen molar-refractivity contribution in [2.45, 2.75) is 20.4 Å². The molecule has 0 atom stereocenters. The van der Waals surface area contributed by atoms with Crippen LogP contribution in [0.1, 0.15) is 18.4 Å². The molecule has 2 heterocycles. The summed E-state index contributed by atoms with van der Waals surface area (Å²) >= 11 is 0. The molecule has 2 amide bonds. The van der Waals surface area contributed by atoms with Crippen LogP contribution in [0.5, 0.6) is 0 Å². The van der Waals surface area contributed by atoms with Crippen molar-refractivity contribution in [2.24, 2.45) is 0 Å². The van der Waals surface area contributed by atoms with Gasteiger partial charge in [-0.25, -0.2) is 13.2 Å². The minimum absolute atomic E-state index is 0.0873. The van der Waals surface area contributed by atoms with Crippen LogP contribution in [-0.2, 0) is 16.6 Å². The third-order valence-electron chi connectivity index (χ3n) is 3.37. The Bertz CT molecular complexity index is 590. The summed E-state index contributed by atoms with van der Waals surface area (Å²) in [5.74, 6) is 0.678. The van der Waals surface area contributed by atoms with Gasteiger partial charge in [-0.1, -0.05) is 5.16 Å². The number of amides is 2. The zero-order chi connectivity index (χ0) is 15.5. The lowest BCUT2D eigenvalue weighted by Gasteiger charge is -2.33. The molecular weight excluding hydrogens is 296 g/mol. The van der Waals surface area contributed by atoms with Gasteiger partial charge in [-0.05, 0) is 13.8 Å². The number of piperazine rings is 1. The highest BCUT2D eigenvalue weighted by Gasteiger charge is 2.27. The molecule has 21 heavy (non-hydrogen) atoms. The first-order valence-electron chi connectivity index (χ1n) is 6.85. The van der Waals surface area contributed by atoms with Crippen LogP contribution >= 0.6 is 0 Å². The number of aryl methyl sites for hydroxylation is 1. The molecular formula is C12H20N4O4S. The van der Waals surface area contributed by atoms with E-state index in [1.165, 1.54) is 4.31 Å². The average molecular weight is 316 g/mol. The second-order valence-electron chi connectivity index (χ2n) is 4.88. The third-order valence-corrected chi connectivity index (χ3v) is 5.26. The maximum Gasteiger partial charge on any atom is 0.317 e. The maximum absolute atomic E-state index is 12.0. The van der Waals surface area contributed by atoms with E-state index < -0.39 is 10.0 Å². The van der Waals surface area contributed by atoms with Crippen LogP contribution in [0.2, 0.25) is 0 Å². The highest BCUT2D eigenvalue weighted by atomic mass is 32.2. The monoisotopic (exact) mass is 316 g/mol. The Morgan fingerprint density at radius 3 is 2.57 bits per heavy atom. The van der Waals surface area contributed by atoms with Gasteiger partial charge in [0.1, 0.15) is 0 Å². The molecule has 1 aliphatic rings. The Labute approximate surface area is 124 Å². The topological polar surface area (TPSA) is 95.8 Å². The molecule has 1 aromatic heterocycles. The van der Waals surface area contributed by atoms with Gasteiger partial charge in [0.05, 0.1) is 18.0 Å². The van der Waals surface area contributed by atoms with Gasteiger partial charge in [-0.15, -0.1) is 0 Å². The molecule has 8 nitrogen and oxygen atoms in total. The number of rotatable bonds is 4. The Morgan fingerprint density at radius 2 is 2.05 bits per heavy atom. The molecule has 2 rings (SSSR count). The van der Waals surface area contributed by atoms with E-state index in [1.54, 1.807) is 17.9 Å². The van der Waals surface area contributed by atoms with Gasteiger partial charge in [0.15, 0.2) is 5.76 Å². The van der Waals surface area contributed by atoms with E-state index in [9.17, 15) is 13.2 Å². The van der Waals surface area contributed by atoms with Gasteiger partial charge >= 0.3 is 6.03 Å². The summed E-state index contributed by atoms with van der Waals surface area (Å²) in [6.45, 7) is 5.15. The van der Waals surface area contributed by atoms with Crippen LogP contribution in [0.3, 0.4) is 0 Å². The molecule has 0 unspecified atom stereocenters. The molecule has 1 N–H and O–H groups in total. The van der Waals surface area contributed by atoms with E-state index in [2.05, 4.69) is 10.5 Å². The molecule has 1 fully saturated rings. The normalized spacial score (nSPS) is 17.0. The van der Waals surface area contributed by atoms with Gasteiger partial charge in [0.25, 0.3) is 0 Å². The second kappa shape index (κ2) is 6.44. The van der Waals surface area contributed by atoms with Gasteiger partial charge in [-0.3, -0.25) is 0 Å². The fraction of sp³-hybridized carbons (Fsp3) is 0.667. The summed E-state index contributed by atoms with van der Waals surface area (Å²) in [5, 5.41) is 6.48. The Hall–Kier alpha value is -1.61. The highest BCUT2D eigenvalue weighted by molar-refractivity contribution is 7.89. The van der Waals surface area contributed by atoms with Gasteiger partial charge < -0.3 is 14.7 Å². The zero-order valence-corrected chi connectivity index (χ0v) is 13.0. The van der Waals surface area contributed by atoms with Crippen LogP contribution in [0, 0.1) is 6.92 Å². The van der Waals surface area contributed by atoms with Crippen molar-refractivity contribution in [3.8, 4) is 0 Å². The molecule has 118 valence electrons. The molecule has 0 aliphatic carbocycles. The fourth-order valence-electron chi connectivity index (χ4n) is 2.13. The lowest BCUT2D eigenvalue weighted by Crippen LogP contribution is -2.53.